The molecule has 4 heteroatoms. The van der Waals surface area contributed by atoms with Crippen LogP contribution < -0.4 is 10.1 Å². The number of ether oxygens (including phenoxy) is 1. The van der Waals surface area contributed by atoms with E-state index in [9.17, 15) is 0 Å². The molecule has 3 rings (SSSR count). The van der Waals surface area contributed by atoms with Crippen LogP contribution in [0.4, 0.5) is 0 Å². The number of rotatable bonds is 5. The highest BCUT2D eigenvalue weighted by atomic mass is 32.1. The van der Waals surface area contributed by atoms with Crippen molar-refractivity contribution in [1.82, 2.24) is 10.3 Å². The zero-order valence-corrected chi connectivity index (χ0v) is 12.6. The molecule has 106 valence electrons. The summed E-state index contributed by atoms with van der Waals surface area (Å²) in [6.07, 6.45) is 5.31. The summed E-state index contributed by atoms with van der Waals surface area (Å²) in [7, 11) is 0. The molecule has 1 aliphatic heterocycles. The lowest BCUT2D eigenvalue weighted by molar-refractivity contribution is 0.283. The van der Waals surface area contributed by atoms with Crippen molar-refractivity contribution in [3.63, 3.8) is 0 Å². The van der Waals surface area contributed by atoms with Crippen molar-refractivity contribution in [2.24, 2.45) is 0 Å². The predicted octanol–water partition coefficient (Wildman–Crippen LogP) is 3.56. The summed E-state index contributed by atoms with van der Waals surface area (Å²) in [4.78, 5) is 5.48. The second-order valence-electron chi connectivity index (χ2n) is 5.08. The van der Waals surface area contributed by atoms with E-state index >= 15 is 0 Å². The van der Waals surface area contributed by atoms with Crippen LogP contribution in [0.2, 0.25) is 0 Å². The molecular formula is C16H20N2OS. The Balaban J connectivity index is 1.98. The minimum absolute atomic E-state index is 0.190. The molecule has 1 atom stereocenters. The highest BCUT2D eigenvalue weighted by molar-refractivity contribution is 7.09. The lowest BCUT2D eigenvalue weighted by Crippen LogP contribution is -2.24. The summed E-state index contributed by atoms with van der Waals surface area (Å²) in [6.45, 7) is 4.01. The van der Waals surface area contributed by atoms with E-state index in [1.165, 1.54) is 16.0 Å². The summed E-state index contributed by atoms with van der Waals surface area (Å²) in [5.74, 6) is 1.08. The van der Waals surface area contributed by atoms with E-state index < -0.39 is 0 Å². The molecule has 3 nitrogen and oxygen atoms in total. The fraction of sp³-hybridized carbons (Fsp3) is 0.438. The fourth-order valence-corrected chi connectivity index (χ4v) is 3.37. The zero-order chi connectivity index (χ0) is 13.8. The molecule has 2 aromatic rings. The molecule has 2 heterocycles. The standard InChI is InChI=1S/C16H20N2OS/c1-2-8-18-15(14-10-17-11-20-14)13-7-3-5-12-6-4-9-19-16(12)13/h3,5,7,10-11,15,18H,2,4,6,8-9H2,1H3. The van der Waals surface area contributed by atoms with Gasteiger partial charge in [-0.05, 0) is 31.4 Å². The van der Waals surface area contributed by atoms with Crippen molar-refractivity contribution in [1.29, 1.82) is 0 Å². The number of hydrogen-bond donors (Lipinski definition) is 1. The lowest BCUT2D eigenvalue weighted by Gasteiger charge is -2.25. The maximum atomic E-state index is 5.96. The molecule has 1 aliphatic rings. The lowest BCUT2D eigenvalue weighted by atomic mass is 9.97. The Morgan fingerprint density at radius 3 is 3.20 bits per heavy atom. The molecule has 0 amide bonds. The van der Waals surface area contributed by atoms with Crippen LogP contribution in [0.1, 0.15) is 41.8 Å². The quantitative estimate of drug-likeness (QED) is 0.913. The van der Waals surface area contributed by atoms with E-state index in [0.29, 0.717) is 0 Å². The van der Waals surface area contributed by atoms with Crippen molar-refractivity contribution in [2.45, 2.75) is 32.2 Å². The van der Waals surface area contributed by atoms with Gasteiger partial charge in [0.15, 0.2) is 0 Å². The highest BCUT2D eigenvalue weighted by Gasteiger charge is 2.22. The van der Waals surface area contributed by atoms with Crippen LogP contribution in [0.3, 0.4) is 0 Å². The Bertz CT molecular complexity index is 554. The number of aromatic nitrogens is 1. The Morgan fingerprint density at radius 2 is 2.40 bits per heavy atom. The zero-order valence-electron chi connectivity index (χ0n) is 11.8. The van der Waals surface area contributed by atoms with Gasteiger partial charge < -0.3 is 10.1 Å². The van der Waals surface area contributed by atoms with Gasteiger partial charge in [0.1, 0.15) is 5.75 Å². The minimum atomic E-state index is 0.190. The van der Waals surface area contributed by atoms with E-state index in [2.05, 4.69) is 35.4 Å². The molecule has 1 aromatic carbocycles. The second-order valence-corrected chi connectivity index (χ2v) is 6.00. The number of fused-ring (bicyclic) bond motifs is 1. The van der Waals surface area contributed by atoms with Crippen molar-refractivity contribution in [3.8, 4) is 5.75 Å². The summed E-state index contributed by atoms with van der Waals surface area (Å²) >= 11 is 1.70. The third-order valence-corrected chi connectivity index (χ3v) is 4.45. The Labute approximate surface area is 124 Å². The average molecular weight is 288 g/mol. The molecule has 0 radical (unpaired) electrons. The van der Waals surface area contributed by atoms with E-state index in [4.69, 9.17) is 4.74 Å². The van der Waals surface area contributed by atoms with Gasteiger partial charge >= 0.3 is 0 Å². The summed E-state index contributed by atoms with van der Waals surface area (Å²) in [5.41, 5.74) is 4.48. The molecule has 0 spiro atoms. The molecular weight excluding hydrogens is 268 g/mol. The molecule has 0 fully saturated rings. The fourth-order valence-electron chi connectivity index (χ4n) is 2.66. The SMILES string of the molecule is CCCNC(c1cncs1)c1cccc2c1OCCC2. The molecule has 1 unspecified atom stereocenters. The molecule has 0 bridgehead atoms. The van der Waals surface area contributed by atoms with Gasteiger partial charge in [0, 0.05) is 16.6 Å². The number of nitrogens with zero attached hydrogens (tertiary/aromatic N) is 1. The number of thiazole rings is 1. The summed E-state index contributed by atoms with van der Waals surface area (Å²) < 4.78 is 5.96. The third kappa shape index (κ3) is 2.72. The minimum Gasteiger partial charge on any atom is -0.493 e. The molecule has 1 aromatic heterocycles. The van der Waals surface area contributed by atoms with Gasteiger partial charge in [-0.1, -0.05) is 25.1 Å². The number of para-hydroxylation sites is 1. The Morgan fingerprint density at radius 1 is 1.45 bits per heavy atom. The van der Waals surface area contributed by atoms with Crippen LogP contribution in [-0.4, -0.2) is 18.1 Å². The average Bonchev–Trinajstić information content (AvgIpc) is 3.02. The van der Waals surface area contributed by atoms with E-state index in [1.54, 1.807) is 11.3 Å². The predicted molar refractivity (Wildman–Crippen MR) is 82.5 cm³/mol. The number of hydrogen-bond acceptors (Lipinski definition) is 4. The van der Waals surface area contributed by atoms with Crippen LogP contribution >= 0.6 is 11.3 Å². The first-order valence-corrected chi connectivity index (χ1v) is 8.14. The van der Waals surface area contributed by atoms with Gasteiger partial charge in [0.05, 0.1) is 18.2 Å². The van der Waals surface area contributed by atoms with E-state index in [-0.39, 0.29) is 6.04 Å². The van der Waals surface area contributed by atoms with Crippen LogP contribution in [-0.2, 0) is 6.42 Å². The smallest absolute Gasteiger partial charge is 0.127 e. The largest absolute Gasteiger partial charge is 0.493 e. The first-order valence-electron chi connectivity index (χ1n) is 7.26. The number of nitrogens with one attached hydrogen (secondary N) is 1. The van der Waals surface area contributed by atoms with Gasteiger partial charge in [0.2, 0.25) is 0 Å². The number of aryl methyl sites for hydroxylation is 1. The van der Waals surface area contributed by atoms with Crippen LogP contribution in [0.25, 0.3) is 0 Å². The Hall–Kier alpha value is -1.39. The van der Waals surface area contributed by atoms with Crippen molar-refractivity contribution < 1.29 is 4.74 Å². The molecule has 0 saturated heterocycles. The van der Waals surface area contributed by atoms with Crippen LogP contribution in [0.15, 0.2) is 29.9 Å². The maximum absolute atomic E-state index is 5.96. The molecule has 20 heavy (non-hydrogen) atoms. The first kappa shape index (κ1) is 13.6. The van der Waals surface area contributed by atoms with Gasteiger partial charge in [-0.3, -0.25) is 4.98 Å². The van der Waals surface area contributed by atoms with Crippen LogP contribution in [0.5, 0.6) is 5.75 Å². The normalized spacial score (nSPS) is 15.4. The van der Waals surface area contributed by atoms with Gasteiger partial charge in [-0.15, -0.1) is 11.3 Å². The Kier molecular flexibility index (Phi) is 4.33. The third-order valence-electron chi connectivity index (χ3n) is 3.61. The number of benzene rings is 1. The molecule has 1 N–H and O–H groups in total. The van der Waals surface area contributed by atoms with Crippen molar-refractivity contribution in [2.75, 3.05) is 13.2 Å². The van der Waals surface area contributed by atoms with E-state index in [1.807, 2.05) is 11.7 Å². The van der Waals surface area contributed by atoms with Crippen molar-refractivity contribution in [3.05, 3.63) is 45.9 Å². The maximum Gasteiger partial charge on any atom is 0.127 e. The highest BCUT2D eigenvalue weighted by Crippen LogP contribution is 2.36. The monoisotopic (exact) mass is 288 g/mol. The second kappa shape index (κ2) is 6.37. The molecule has 0 saturated carbocycles. The molecule has 0 aliphatic carbocycles. The van der Waals surface area contributed by atoms with Gasteiger partial charge in [-0.25, -0.2) is 0 Å². The topological polar surface area (TPSA) is 34.2 Å². The first-order chi connectivity index (χ1) is 9.90. The van der Waals surface area contributed by atoms with E-state index in [0.717, 1.165) is 38.2 Å². The van der Waals surface area contributed by atoms with Gasteiger partial charge in [0.25, 0.3) is 0 Å². The van der Waals surface area contributed by atoms with Crippen molar-refractivity contribution >= 4 is 11.3 Å². The van der Waals surface area contributed by atoms with Gasteiger partial charge in [-0.2, -0.15) is 0 Å². The summed E-state index contributed by atoms with van der Waals surface area (Å²) in [6, 6.07) is 6.69. The summed E-state index contributed by atoms with van der Waals surface area (Å²) in [5, 5.41) is 3.63. The van der Waals surface area contributed by atoms with Crippen LogP contribution in [0, 0.1) is 0 Å².